The molecule has 0 fully saturated rings. The highest BCUT2D eigenvalue weighted by atomic mass is 32.2. The number of benzene rings is 2. The minimum atomic E-state index is -3.62. The number of aromatic nitrogens is 1. The van der Waals surface area contributed by atoms with Gasteiger partial charge in [-0.15, -0.1) is 0 Å². The van der Waals surface area contributed by atoms with E-state index in [1.807, 2.05) is 0 Å². The van der Waals surface area contributed by atoms with Crippen LogP contribution in [0, 0.1) is 6.92 Å². The van der Waals surface area contributed by atoms with E-state index in [4.69, 9.17) is 0 Å². The molecule has 1 amide bonds. The summed E-state index contributed by atoms with van der Waals surface area (Å²) in [5.41, 5.74) is 5.31. The largest absolute Gasteiger partial charge is 0.358 e. The second kappa shape index (κ2) is 7.07. The van der Waals surface area contributed by atoms with Crippen LogP contribution in [0.1, 0.15) is 30.2 Å². The van der Waals surface area contributed by atoms with E-state index in [2.05, 4.69) is 40.1 Å². The average molecular weight is 398 g/mol. The van der Waals surface area contributed by atoms with Crippen LogP contribution < -0.4 is 10.0 Å². The number of hydrogen-bond acceptors (Lipinski definition) is 3. The molecule has 0 bridgehead atoms. The molecule has 1 aliphatic carbocycles. The van der Waals surface area contributed by atoms with Crippen molar-refractivity contribution in [2.75, 3.05) is 5.32 Å². The minimum Gasteiger partial charge on any atom is -0.358 e. The van der Waals surface area contributed by atoms with E-state index in [0.29, 0.717) is 12.1 Å². The van der Waals surface area contributed by atoms with Gasteiger partial charge in [0.25, 0.3) is 0 Å². The van der Waals surface area contributed by atoms with Crippen molar-refractivity contribution in [1.82, 2.24) is 9.71 Å². The number of carbonyl (C=O) groups excluding carboxylic acids is 1. The number of hydrogen-bond donors (Lipinski definition) is 3. The van der Waals surface area contributed by atoms with Crippen LogP contribution in [0.5, 0.6) is 0 Å². The molecule has 1 unspecified atom stereocenters. The second-order valence-electron chi connectivity index (χ2n) is 7.40. The molecule has 0 saturated carbocycles. The number of nitrogens with one attached hydrogen (secondary N) is 3. The summed E-state index contributed by atoms with van der Waals surface area (Å²) in [6.07, 6.45) is 2.25. The smallest absolute Gasteiger partial charge is 0.240 e. The molecule has 6 nitrogen and oxygen atoms in total. The first-order valence-corrected chi connectivity index (χ1v) is 10.8. The Morgan fingerprint density at radius 1 is 1.14 bits per heavy atom. The minimum absolute atomic E-state index is 0.151. The SMILES string of the molecule is CC(=O)Nc1ccc(S(=O)(=O)NC2CCc3c([nH]c4ccc(C)cc34)C2)cc1. The van der Waals surface area contributed by atoms with Gasteiger partial charge < -0.3 is 10.3 Å². The predicted octanol–water partition coefficient (Wildman–Crippen LogP) is 3.27. The molecule has 0 spiro atoms. The van der Waals surface area contributed by atoms with Gasteiger partial charge in [-0.25, -0.2) is 13.1 Å². The highest BCUT2D eigenvalue weighted by Crippen LogP contribution is 2.30. The Hall–Kier alpha value is -2.64. The van der Waals surface area contributed by atoms with Gasteiger partial charge >= 0.3 is 0 Å². The van der Waals surface area contributed by atoms with Crippen LogP contribution in [0.25, 0.3) is 10.9 Å². The molecule has 3 aromatic rings. The molecule has 1 atom stereocenters. The van der Waals surface area contributed by atoms with Gasteiger partial charge in [0.05, 0.1) is 4.90 Å². The van der Waals surface area contributed by atoms with Gasteiger partial charge in [-0.3, -0.25) is 4.79 Å². The topological polar surface area (TPSA) is 91.1 Å². The first kappa shape index (κ1) is 18.7. The van der Waals surface area contributed by atoms with Gasteiger partial charge in [-0.05, 0) is 61.7 Å². The summed E-state index contributed by atoms with van der Waals surface area (Å²) in [6, 6.07) is 12.4. The summed E-state index contributed by atoms with van der Waals surface area (Å²) >= 11 is 0. The van der Waals surface area contributed by atoms with Crippen LogP contribution in [0.4, 0.5) is 5.69 Å². The number of sulfonamides is 1. The van der Waals surface area contributed by atoms with Crippen LogP contribution in [-0.4, -0.2) is 25.4 Å². The molecule has 146 valence electrons. The molecule has 28 heavy (non-hydrogen) atoms. The Labute approximate surface area is 164 Å². The average Bonchev–Trinajstić information content (AvgIpc) is 2.98. The predicted molar refractivity (Wildman–Crippen MR) is 110 cm³/mol. The molecule has 0 radical (unpaired) electrons. The van der Waals surface area contributed by atoms with E-state index in [1.54, 1.807) is 12.1 Å². The fourth-order valence-electron chi connectivity index (χ4n) is 3.85. The summed E-state index contributed by atoms with van der Waals surface area (Å²) in [7, 11) is -3.62. The maximum Gasteiger partial charge on any atom is 0.240 e. The van der Waals surface area contributed by atoms with E-state index < -0.39 is 10.0 Å². The molecule has 1 heterocycles. The summed E-state index contributed by atoms with van der Waals surface area (Å²) in [5, 5.41) is 3.87. The Morgan fingerprint density at radius 3 is 2.61 bits per heavy atom. The van der Waals surface area contributed by atoms with Gasteiger partial charge in [0, 0.05) is 41.7 Å². The van der Waals surface area contributed by atoms with Gasteiger partial charge in [0.15, 0.2) is 0 Å². The first-order valence-electron chi connectivity index (χ1n) is 9.32. The lowest BCUT2D eigenvalue weighted by molar-refractivity contribution is -0.114. The molecule has 3 N–H and O–H groups in total. The van der Waals surface area contributed by atoms with Crippen LogP contribution in [-0.2, 0) is 27.7 Å². The zero-order chi connectivity index (χ0) is 19.9. The quantitative estimate of drug-likeness (QED) is 0.631. The number of H-pyrrole nitrogens is 1. The highest BCUT2D eigenvalue weighted by molar-refractivity contribution is 7.89. The molecule has 0 saturated heterocycles. The standard InChI is InChI=1S/C21H23N3O3S/c1-13-3-10-20-19(11-13)18-9-6-16(12-21(18)23-20)24-28(26,27)17-7-4-15(5-8-17)22-14(2)25/h3-5,7-8,10-11,16,23-24H,6,9,12H2,1-2H3,(H,22,25). The molecule has 1 aliphatic rings. The first-order chi connectivity index (χ1) is 13.3. The number of amides is 1. The van der Waals surface area contributed by atoms with Crippen LogP contribution >= 0.6 is 0 Å². The van der Waals surface area contributed by atoms with E-state index in [1.165, 1.54) is 35.6 Å². The van der Waals surface area contributed by atoms with Crippen molar-refractivity contribution < 1.29 is 13.2 Å². The Bertz CT molecular complexity index is 1150. The number of rotatable bonds is 4. The van der Waals surface area contributed by atoms with E-state index in [9.17, 15) is 13.2 Å². The molecule has 0 aliphatic heterocycles. The zero-order valence-electron chi connectivity index (χ0n) is 15.9. The van der Waals surface area contributed by atoms with Crippen molar-refractivity contribution in [3.8, 4) is 0 Å². The molecule has 1 aromatic heterocycles. The monoisotopic (exact) mass is 397 g/mol. The maximum absolute atomic E-state index is 12.8. The third-order valence-corrected chi connectivity index (χ3v) is 6.69. The third-order valence-electron chi connectivity index (χ3n) is 5.15. The normalized spacial score (nSPS) is 16.7. The fourth-order valence-corrected chi connectivity index (χ4v) is 5.12. The number of carbonyl (C=O) groups is 1. The number of aromatic amines is 1. The van der Waals surface area contributed by atoms with Crippen molar-refractivity contribution in [2.45, 2.75) is 44.0 Å². The number of fused-ring (bicyclic) bond motifs is 3. The summed E-state index contributed by atoms with van der Waals surface area (Å²) in [4.78, 5) is 14.7. The van der Waals surface area contributed by atoms with E-state index in [-0.39, 0.29) is 16.8 Å². The van der Waals surface area contributed by atoms with Gasteiger partial charge in [0.2, 0.25) is 15.9 Å². The Morgan fingerprint density at radius 2 is 1.89 bits per heavy atom. The third kappa shape index (κ3) is 3.68. The van der Waals surface area contributed by atoms with Crippen LogP contribution in [0.2, 0.25) is 0 Å². The van der Waals surface area contributed by atoms with Crippen molar-refractivity contribution in [2.24, 2.45) is 0 Å². The van der Waals surface area contributed by atoms with Gasteiger partial charge in [0.1, 0.15) is 0 Å². The van der Waals surface area contributed by atoms with Crippen molar-refractivity contribution >= 4 is 32.5 Å². The van der Waals surface area contributed by atoms with Crippen molar-refractivity contribution in [3.63, 3.8) is 0 Å². The lowest BCUT2D eigenvalue weighted by atomic mass is 9.92. The van der Waals surface area contributed by atoms with Crippen LogP contribution in [0.3, 0.4) is 0 Å². The lowest BCUT2D eigenvalue weighted by Crippen LogP contribution is -2.38. The molecular formula is C21H23N3O3S. The van der Waals surface area contributed by atoms with E-state index in [0.717, 1.165) is 24.1 Å². The highest BCUT2D eigenvalue weighted by Gasteiger charge is 2.26. The molecule has 7 heteroatoms. The lowest BCUT2D eigenvalue weighted by Gasteiger charge is -2.23. The molecule has 4 rings (SSSR count). The van der Waals surface area contributed by atoms with Crippen LogP contribution in [0.15, 0.2) is 47.4 Å². The molecule has 2 aromatic carbocycles. The Kier molecular flexibility index (Phi) is 4.72. The Balaban J connectivity index is 1.51. The maximum atomic E-state index is 12.8. The fraction of sp³-hybridized carbons (Fsp3) is 0.286. The second-order valence-corrected chi connectivity index (χ2v) is 9.11. The summed E-state index contributed by atoms with van der Waals surface area (Å²) in [5.74, 6) is -0.194. The zero-order valence-corrected chi connectivity index (χ0v) is 16.7. The van der Waals surface area contributed by atoms with Gasteiger partial charge in [-0.1, -0.05) is 11.6 Å². The summed E-state index contributed by atoms with van der Waals surface area (Å²) in [6.45, 7) is 3.49. The molecular weight excluding hydrogens is 374 g/mol. The number of anilines is 1. The van der Waals surface area contributed by atoms with E-state index >= 15 is 0 Å². The summed E-state index contributed by atoms with van der Waals surface area (Å²) < 4.78 is 28.3. The number of aryl methyl sites for hydroxylation is 2. The van der Waals surface area contributed by atoms with Gasteiger partial charge in [-0.2, -0.15) is 0 Å². The van der Waals surface area contributed by atoms with Crippen molar-refractivity contribution in [3.05, 3.63) is 59.3 Å². The van der Waals surface area contributed by atoms with Crippen molar-refractivity contribution in [1.29, 1.82) is 0 Å².